The molecule has 1 fully saturated rings. The van der Waals surface area contributed by atoms with Crippen LogP contribution in [0.5, 0.6) is 0 Å². The first kappa shape index (κ1) is 15.7. The minimum absolute atomic E-state index is 0.0244. The first-order chi connectivity index (χ1) is 11.4. The van der Waals surface area contributed by atoms with Gasteiger partial charge in [-0.25, -0.2) is 4.98 Å². The molecule has 0 unspecified atom stereocenters. The van der Waals surface area contributed by atoms with Crippen LogP contribution in [0.3, 0.4) is 0 Å². The molecule has 2 aromatic rings. The van der Waals surface area contributed by atoms with Gasteiger partial charge < -0.3 is 10.1 Å². The maximum atomic E-state index is 14.3. The number of anilines is 2. The summed E-state index contributed by atoms with van der Waals surface area (Å²) in [5.41, 5.74) is -2.32. The van der Waals surface area contributed by atoms with Gasteiger partial charge in [0.05, 0.1) is 6.61 Å². The molecule has 24 heavy (non-hydrogen) atoms. The number of hydrogen-bond donors (Lipinski definition) is 1. The quantitative estimate of drug-likeness (QED) is 0.840. The number of aromatic nitrogens is 1. The Kier molecular flexibility index (Phi) is 3.51. The van der Waals surface area contributed by atoms with Crippen molar-refractivity contribution < 1.29 is 17.9 Å². The number of nitrogens with one attached hydrogen (secondary N) is 1. The van der Waals surface area contributed by atoms with Crippen molar-refractivity contribution in [2.24, 2.45) is 5.92 Å². The molecule has 4 rings (SSSR count). The van der Waals surface area contributed by atoms with Gasteiger partial charge in [0.25, 0.3) is 0 Å². The van der Waals surface area contributed by atoms with Gasteiger partial charge in [0.2, 0.25) is 5.60 Å². The van der Waals surface area contributed by atoms with E-state index in [0.717, 1.165) is 12.8 Å². The molecule has 0 spiro atoms. The maximum absolute atomic E-state index is 14.3. The van der Waals surface area contributed by atoms with Crippen LogP contribution in [-0.2, 0) is 10.3 Å². The molecular weight excluding hydrogens is 341 g/mol. The standard InChI is InChI=1S/C17H14ClF3N2O/c18-11-5-6-14-13(8-11)16(17(19,20)21,24-9-10-3-4-10)12-2-1-7-22-15(12)23-14/h1-2,5-8,10H,3-4,9H2,(H,22,23)/t16-/m0/s1. The molecule has 0 saturated heterocycles. The molecule has 1 atom stereocenters. The van der Waals surface area contributed by atoms with E-state index < -0.39 is 11.8 Å². The summed E-state index contributed by atoms with van der Waals surface area (Å²) in [5.74, 6) is 0.335. The molecule has 1 N–H and O–H groups in total. The smallest absolute Gasteiger partial charge is 0.356 e. The minimum Gasteiger partial charge on any atom is -0.356 e. The number of alkyl halides is 3. The molecule has 0 bridgehead atoms. The van der Waals surface area contributed by atoms with Gasteiger partial charge in [0.15, 0.2) is 0 Å². The van der Waals surface area contributed by atoms with E-state index in [1.165, 1.54) is 30.5 Å². The second kappa shape index (κ2) is 5.36. The molecule has 2 heterocycles. The lowest BCUT2D eigenvalue weighted by molar-refractivity contribution is -0.268. The maximum Gasteiger partial charge on any atom is 0.426 e. The first-order valence-electron chi connectivity index (χ1n) is 7.65. The molecule has 1 saturated carbocycles. The Morgan fingerprint density at radius 1 is 1.25 bits per heavy atom. The van der Waals surface area contributed by atoms with Crippen molar-refractivity contribution in [1.82, 2.24) is 4.98 Å². The van der Waals surface area contributed by atoms with Crippen LogP contribution in [0.25, 0.3) is 0 Å². The molecule has 2 aliphatic rings. The molecule has 1 aromatic heterocycles. The zero-order valence-corrected chi connectivity index (χ0v) is 13.3. The lowest BCUT2D eigenvalue weighted by Crippen LogP contribution is -2.48. The van der Waals surface area contributed by atoms with E-state index in [0.29, 0.717) is 5.69 Å². The van der Waals surface area contributed by atoms with Crippen LogP contribution in [0.4, 0.5) is 24.7 Å². The van der Waals surface area contributed by atoms with Crippen molar-refractivity contribution in [2.45, 2.75) is 24.6 Å². The predicted molar refractivity (Wildman–Crippen MR) is 84.5 cm³/mol. The molecule has 1 aromatic carbocycles. The number of rotatable bonds is 3. The molecule has 1 aliphatic carbocycles. The van der Waals surface area contributed by atoms with E-state index in [1.54, 1.807) is 6.07 Å². The van der Waals surface area contributed by atoms with Gasteiger partial charge in [-0.2, -0.15) is 13.2 Å². The van der Waals surface area contributed by atoms with Crippen molar-refractivity contribution in [3.05, 3.63) is 52.7 Å². The van der Waals surface area contributed by atoms with Gasteiger partial charge in [0, 0.05) is 28.0 Å². The fourth-order valence-corrected chi connectivity index (χ4v) is 3.22. The third-order valence-corrected chi connectivity index (χ3v) is 4.67. The van der Waals surface area contributed by atoms with E-state index in [2.05, 4.69) is 10.3 Å². The van der Waals surface area contributed by atoms with E-state index in [4.69, 9.17) is 16.3 Å². The van der Waals surface area contributed by atoms with E-state index in [9.17, 15) is 13.2 Å². The Labute approximate surface area is 141 Å². The molecule has 126 valence electrons. The van der Waals surface area contributed by atoms with Crippen LogP contribution < -0.4 is 5.32 Å². The lowest BCUT2D eigenvalue weighted by atomic mass is 9.82. The van der Waals surface area contributed by atoms with Crippen molar-refractivity contribution in [3.8, 4) is 0 Å². The summed E-state index contributed by atoms with van der Waals surface area (Å²) in [5, 5.41) is 3.18. The Morgan fingerprint density at radius 3 is 2.75 bits per heavy atom. The molecule has 1 aliphatic heterocycles. The summed E-state index contributed by atoms with van der Waals surface area (Å²) in [4.78, 5) is 4.07. The Bertz CT molecular complexity index is 792. The second-order valence-corrected chi connectivity index (χ2v) is 6.58. The summed E-state index contributed by atoms with van der Waals surface area (Å²) in [7, 11) is 0. The summed E-state index contributed by atoms with van der Waals surface area (Å²) in [6.45, 7) is 0.0554. The third-order valence-electron chi connectivity index (χ3n) is 4.43. The van der Waals surface area contributed by atoms with Crippen LogP contribution in [0.1, 0.15) is 24.0 Å². The van der Waals surface area contributed by atoms with Crippen LogP contribution in [-0.4, -0.2) is 17.8 Å². The SMILES string of the molecule is FC(F)(F)[C@@]1(OCC2CC2)c2cc(Cl)ccc2Nc2ncccc21. The summed E-state index contributed by atoms with van der Waals surface area (Å²) >= 11 is 5.99. The van der Waals surface area contributed by atoms with Crippen molar-refractivity contribution >= 4 is 23.1 Å². The highest BCUT2D eigenvalue weighted by molar-refractivity contribution is 6.30. The van der Waals surface area contributed by atoms with E-state index in [-0.39, 0.29) is 34.5 Å². The fourth-order valence-electron chi connectivity index (χ4n) is 3.05. The third kappa shape index (κ3) is 2.36. The van der Waals surface area contributed by atoms with Crippen molar-refractivity contribution in [3.63, 3.8) is 0 Å². The summed E-state index contributed by atoms with van der Waals surface area (Å²) in [6.07, 6.45) is -1.40. The molecule has 7 heteroatoms. The van der Waals surface area contributed by atoms with Gasteiger partial charge in [-0.1, -0.05) is 17.7 Å². The normalized spacial score (nSPS) is 22.5. The largest absolute Gasteiger partial charge is 0.426 e. The van der Waals surface area contributed by atoms with Crippen LogP contribution in [0.2, 0.25) is 5.02 Å². The number of nitrogens with zero attached hydrogens (tertiary/aromatic N) is 1. The average molecular weight is 355 g/mol. The van der Waals surface area contributed by atoms with Crippen molar-refractivity contribution in [2.75, 3.05) is 11.9 Å². The Balaban J connectivity index is 1.96. The number of ether oxygens (including phenoxy) is 1. The highest BCUT2D eigenvalue weighted by Gasteiger charge is 2.62. The van der Waals surface area contributed by atoms with Gasteiger partial charge >= 0.3 is 6.18 Å². The van der Waals surface area contributed by atoms with Crippen molar-refractivity contribution in [1.29, 1.82) is 0 Å². The highest BCUT2D eigenvalue weighted by Crippen LogP contribution is 2.55. The van der Waals surface area contributed by atoms with Gasteiger partial charge in [0.1, 0.15) is 5.82 Å². The number of hydrogen-bond acceptors (Lipinski definition) is 3. The molecule has 3 nitrogen and oxygen atoms in total. The zero-order chi connectivity index (χ0) is 16.9. The van der Waals surface area contributed by atoms with Gasteiger partial charge in [-0.15, -0.1) is 0 Å². The zero-order valence-electron chi connectivity index (χ0n) is 12.5. The summed E-state index contributed by atoms with van der Waals surface area (Å²) < 4.78 is 48.6. The lowest BCUT2D eigenvalue weighted by Gasteiger charge is -2.41. The molecular formula is C17H14ClF3N2O. The topological polar surface area (TPSA) is 34.1 Å². The highest BCUT2D eigenvalue weighted by atomic mass is 35.5. The Hall–Kier alpha value is -1.79. The number of pyridine rings is 1. The molecule has 0 amide bonds. The predicted octanol–water partition coefficient (Wildman–Crippen LogP) is 5.02. The molecule has 0 radical (unpaired) electrons. The minimum atomic E-state index is -4.65. The number of benzene rings is 1. The van der Waals surface area contributed by atoms with Gasteiger partial charge in [-0.05, 0) is 43.0 Å². The monoisotopic (exact) mass is 354 g/mol. The van der Waals surface area contributed by atoms with Gasteiger partial charge in [-0.3, -0.25) is 0 Å². The number of fused-ring (bicyclic) bond motifs is 2. The summed E-state index contributed by atoms with van der Waals surface area (Å²) in [6, 6.07) is 7.27. The first-order valence-corrected chi connectivity index (χ1v) is 8.03. The second-order valence-electron chi connectivity index (χ2n) is 6.15. The fraction of sp³-hybridized carbons (Fsp3) is 0.353. The average Bonchev–Trinajstić information content (AvgIpc) is 3.35. The van der Waals surface area contributed by atoms with E-state index >= 15 is 0 Å². The number of halogens is 4. The van der Waals surface area contributed by atoms with Crippen LogP contribution in [0, 0.1) is 5.92 Å². The van der Waals surface area contributed by atoms with E-state index in [1.807, 2.05) is 0 Å². The van der Waals surface area contributed by atoms with Crippen LogP contribution >= 0.6 is 11.6 Å². The van der Waals surface area contributed by atoms with Crippen LogP contribution in [0.15, 0.2) is 36.5 Å². The Morgan fingerprint density at radius 2 is 2.04 bits per heavy atom.